The standard InChI is InChI=1S/C25H23N3O3S/c1-31-20-10-7-18(8-11-20)16-28-24(30)21-12-9-19(15-22(21)27-25(28)32)23(29)26-14-13-17-5-3-2-4-6-17/h2-12,15H,13-14,16H2,1H3,(H,26,29)(H,27,32). The van der Waals surface area contributed by atoms with Gasteiger partial charge >= 0.3 is 0 Å². The molecule has 0 saturated heterocycles. The molecule has 1 heterocycles. The topological polar surface area (TPSA) is 76.1 Å². The van der Waals surface area contributed by atoms with E-state index in [0.717, 1.165) is 23.3 Å². The molecule has 1 amide bonds. The van der Waals surface area contributed by atoms with Crippen molar-refractivity contribution in [3.05, 3.63) is 105 Å². The van der Waals surface area contributed by atoms with Crippen LogP contribution in [0.1, 0.15) is 21.5 Å². The van der Waals surface area contributed by atoms with Gasteiger partial charge in [0, 0.05) is 12.1 Å². The number of carbonyl (C=O) groups is 1. The molecule has 0 aliphatic heterocycles. The second-order valence-corrected chi connectivity index (χ2v) is 7.81. The van der Waals surface area contributed by atoms with Crippen LogP contribution in [-0.2, 0) is 13.0 Å². The average Bonchev–Trinajstić information content (AvgIpc) is 2.82. The van der Waals surface area contributed by atoms with E-state index >= 15 is 0 Å². The number of fused-ring (bicyclic) bond motifs is 1. The van der Waals surface area contributed by atoms with E-state index in [1.807, 2.05) is 54.6 Å². The summed E-state index contributed by atoms with van der Waals surface area (Å²) in [6.07, 6.45) is 0.749. The number of aromatic nitrogens is 2. The van der Waals surface area contributed by atoms with E-state index < -0.39 is 0 Å². The lowest BCUT2D eigenvalue weighted by Gasteiger charge is -2.10. The highest BCUT2D eigenvalue weighted by Gasteiger charge is 2.11. The van der Waals surface area contributed by atoms with E-state index in [4.69, 9.17) is 17.0 Å². The fraction of sp³-hybridized carbons (Fsp3) is 0.160. The molecular weight excluding hydrogens is 422 g/mol. The average molecular weight is 446 g/mol. The highest BCUT2D eigenvalue weighted by molar-refractivity contribution is 7.71. The van der Waals surface area contributed by atoms with Crippen molar-refractivity contribution >= 4 is 29.0 Å². The normalized spacial score (nSPS) is 10.8. The van der Waals surface area contributed by atoms with Gasteiger partial charge in [-0.05, 0) is 60.1 Å². The SMILES string of the molecule is COc1ccc(Cn2c(=S)[nH]c3cc(C(=O)NCCc4ccccc4)ccc3c2=O)cc1. The Morgan fingerprint density at radius 1 is 1.03 bits per heavy atom. The highest BCUT2D eigenvalue weighted by Crippen LogP contribution is 2.14. The second kappa shape index (κ2) is 9.62. The van der Waals surface area contributed by atoms with Crippen LogP contribution in [0.4, 0.5) is 0 Å². The molecule has 0 bridgehead atoms. The predicted octanol–water partition coefficient (Wildman–Crippen LogP) is 4.09. The molecule has 0 atom stereocenters. The number of rotatable bonds is 7. The number of ether oxygens (including phenoxy) is 1. The molecule has 3 aromatic carbocycles. The first-order valence-electron chi connectivity index (χ1n) is 10.3. The third-order valence-corrected chi connectivity index (χ3v) is 5.61. The first-order chi connectivity index (χ1) is 15.5. The minimum absolute atomic E-state index is 0.190. The zero-order valence-corrected chi connectivity index (χ0v) is 18.4. The van der Waals surface area contributed by atoms with E-state index in [-0.39, 0.29) is 11.5 Å². The van der Waals surface area contributed by atoms with Crippen LogP contribution in [0.2, 0.25) is 0 Å². The largest absolute Gasteiger partial charge is 0.497 e. The zero-order chi connectivity index (χ0) is 22.5. The summed E-state index contributed by atoms with van der Waals surface area (Å²) < 4.78 is 6.99. The summed E-state index contributed by atoms with van der Waals surface area (Å²) in [5.74, 6) is 0.559. The molecule has 0 aliphatic carbocycles. The number of nitrogens with zero attached hydrogens (tertiary/aromatic N) is 1. The van der Waals surface area contributed by atoms with Crippen molar-refractivity contribution in [2.24, 2.45) is 0 Å². The Balaban J connectivity index is 1.53. The molecule has 2 N–H and O–H groups in total. The van der Waals surface area contributed by atoms with Crippen molar-refractivity contribution in [2.45, 2.75) is 13.0 Å². The maximum atomic E-state index is 13.0. The molecule has 7 heteroatoms. The number of benzene rings is 3. The van der Waals surface area contributed by atoms with Crippen LogP contribution in [0, 0.1) is 4.77 Å². The van der Waals surface area contributed by atoms with Gasteiger partial charge in [0.05, 0.1) is 24.6 Å². The maximum absolute atomic E-state index is 13.0. The fourth-order valence-electron chi connectivity index (χ4n) is 3.52. The Kier molecular flexibility index (Phi) is 6.47. The van der Waals surface area contributed by atoms with Gasteiger partial charge in [0.25, 0.3) is 11.5 Å². The highest BCUT2D eigenvalue weighted by atomic mass is 32.1. The van der Waals surface area contributed by atoms with Crippen molar-refractivity contribution in [2.75, 3.05) is 13.7 Å². The van der Waals surface area contributed by atoms with E-state index in [1.54, 1.807) is 25.3 Å². The van der Waals surface area contributed by atoms with Crippen LogP contribution in [0.15, 0.2) is 77.6 Å². The fourth-order valence-corrected chi connectivity index (χ4v) is 3.78. The molecule has 4 aromatic rings. The molecule has 0 spiro atoms. The number of hydrogen-bond acceptors (Lipinski definition) is 4. The first-order valence-corrected chi connectivity index (χ1v) is 10.7. The number of H-pyrrole nitrogens is 1. The van der Waals surface area contributed by atoms with E-state index in [0.29, 0.717) is 34.3 Å². The van der Waals surface area contributed by atoms with Gasteiger partial charge in [-0.1, -0.05) is 42.5 Å². The van der Waals surface area contributed by atoms with Crippen LogP contribution >= 0.6 is 12.2 Å². The summed E-state index contributed by atoms with van der Waals surface area (Å²) in [5, 5.41) is 3.40. The smallest absolute Gasteiger partial charge is 0.262 e. The summed E-state index contributed by atoms with van der Waals surface area (Å²) >= 11 is 5.43. The van der Waals surface area contributed by atoms with Gasteiger partial charge in [0.2, 0.25) is 0 Å². The molecule has 0 radical (unpaired) electrons. The summed E-state index contributed by atoms with van der Waals surface area (Å²) in [4.78, 5) is 28.7. The monoisotopic (exact) mass is 445 g/mol. The Morgan fingerprint density at radius 3 is 2.50 bits per heavy atom. The molecule has 162 valence electrons. The van der Waals surface area contributed by atoms with Crippen molar-refractivity contribution in [3.63, 3.8) is 0 Å². The molecule has 1 aromatic heterocycles. The molecule has 32 heavy (non-hydrogen) atoms. The van der Waals surface area contributed by atoms with Gasteiger partial charge in [0.1, 0.15) is 5.75 Å². The molecule has 0 saturated carbocycles. The lowest BCUT2D eigenvalue weighted by Crippen LogP contribution is -2.26. The molecular formula is C25H23N3O3S. The maximum Gasteiger partial charge on any atom is 0.262 e. The minimum atomic E-state index is -0.199. The number of carbonyl (C=O) groups excluding carboxylic acids is 1. The van der Waals surface area contributed by atoms with E-state index in [9.17, 15) is 9.59 Å². The van der Waals surface area contributed by atoms with Crippen LogP contribution in [0.3, 0.4) is 0 Å². The van der Waals surface area contributed by atoms with Crippen LogP contribution in [0.5, 0.6) is 5.75 Å². The molecule has 6 nitrogen and oxygen atoms in total. The van der Waals surface area contributed by atoms with Crippen molar-refractivity contribution in [3.8, 4) is 5.75 Å². The predicted molar refractivity (Wildman–Crippen MR) is 128 cm³/mol. The van der Waals surface area contributed by atoms with Crippen LogP contribution < -0.4 is 15.6 Å². The summed E-state index contributed by atoms with van der Waals surface area (Å²) in [6.45, 7) is 0.871. The summed E-state index contributed by atoms with van der Waals surface area (Å²) in [5.41, 5.74) is 2.91. The van der Waals surface area contributed by atoms with Gasteiger partial charge in [-0.2, -0.15) is 0 Å². The van der Waals surface area contributed by atoms with Crippen molar-refractivity contribution in [1.29, 1.82) is 0 Å². The van der Waals surface area contributed by atoms with Gasteiger partial charge in [-0.15, -0.1) is 0 Å². The minimum Gasteiger partial charge on any atom is -0.497 e. The Bertz CT molecular complexity index is 1360. The van der Waals surface area contributed by atoms with Gasteiger partial charge in [-0.3, -0.25) is 14.2 Å². The Morgan fingerprint density at radius 2 is 1.78 bits per heavy atom. The van der Waals surface area contributed by atoms with Gasteiger partial charge in [-0.25, -0.2) is 0 Å². The van der Waals surface area contributed by atoms with Crippen molar-refractivity contribution in [1.82, 2.24) is 14.9 Å². The molecule has 0 aliphatic rings. The van der Waals surface area contributed by atoms with Crippen molar-refractivity contribution < 1.29 is 9.53 Å². The number of nitrogens with one attached hydrogen (secondary N) is 2. The summed E-state index contributed by atoms with van der Waals surface area (Å²) in [6, 6.07) is 22.4. The number of amides is 1. The third kappa shape index (κ3) is 4.78. The van der Waals surface area contributed by atoms with E-state index in [1.165, 1.54) is 4.57 Å². The molecule has 4 rings (SSSR count). The Hall–Kier alpha value is -3.71. The lowest BCUT2D eigenvalue weighted by atomic mass is 10.1. The summed E-state index contributed by atoms with van der Waals surface area (Å²) in [7, 11) is 1.61. The van der Waals surface area contributed by atoms with Crippen LogP contribution in [0.25, 0.3) is 10.9 Å². The lowest BCUT2D eigenvalue weighted by molar-refractivity contribution is 0.0954. The Labute approximate surface area is 190 Å². The van der Waals surface area contributed by atoms with Crippen LogP contribution in [-0.4, -0.2) is 29.1 Å². The quantitative estimate of drug-likeness (QED) is 0.420. The zero-order valence-electron chi connectivity index (χ0n) is 17.6. The van der Waals surface area contributed by atoms with E-state index in [2.05, 4.69) is 10.3 Å². The molecule has 0 unspecified atom stereocenters. The molecule has 0 fully saturated rings. The third-order valence-electron chi connectivity index (χ3n) is 5.29. The first kappa shape index (κ1) is 21.5. The van der Waals surface area contributed by atoms with Gasteiger partial charge in [0.15, 0.2) is 4.77 Å². The second-order valence-electron chi connectivity index (χ2n) is 7.42. The number of hydrogen-bond donors (Lipinski definition) is 2. The number of methoxy groups -OCH3 is 1. The number of aromatic amines is 1. The van der Waals surface area contributed by atoms with Gasteiger partial charge < -0.3 is 15.0 Å².